The second kappa shape index (κ2) is 9.20. The first kappa shape index (κ1) is 21.5. The number of carbonyl (C=O) groups is 2. The first-order valence-corrected chi connectivity index (χ1v) is 7.92. The Kier molecular flexibility index (Phi) is 7.90. The summed E-state index contributed by atoms with van der Waals surface area (Å²) in [5.41, 5.74) is 4.67. The molecule has 0 saturated carbocycles. The largest absolute Gasteiger partial charge is 0.459 e. The normalized spacial score (nSPS) is 28.2. The zero-order chi connectivity index (χ0) is 19.2. The van der Waals surface area contributed by atoms with Crippen molar-refractivity contribution in [3.63, 3.8) is 0 Å². The van der Waals surface area contributed by atoms with Crippen molar-refractivity contribution in [3.8, 4) is 0 Å². The van der Waals surface area contributed by atoms with Crippen LogP contribution in [0.2, 0.25) is 0 Å². The molecule has 0 radical (unpaired) electrons. The van der Waals surface area contributed by atoms with Gasteiger partial charge in [0.1, 0.15) is 23.9 Å². The van der Waals surface area contributed by atoms with Gasteiger partial charge in [-0.3, -0.25) is 14.6 Å². The third-order valence-electron chi connectivity index (χ3n) is 3.35. The molecule has 25 heavy (non-hydrogen) atoms. The predicted molar refractivity (Wildman–Crippen MR) is 87.7 cm³/mol. The lowest BCUT2D eigenvalue weighted by atomic mass is 10.1. The molecule has 10 nitrogen and oxygen atoms in total. The van der Waals surface area contributed by atoms with E-state index in [0.29, 0.717) is 0 Å². The van der Waals surface area contributed by atoms with E-state index in [1.165, 1.54) is 6.21 Å². The van der Waals surface area contributed by atoms with Crippen molar-refractivity contribution in [2.45, 2.75) is 50.9 Å². The molecule has 0 spiro atoms. The maximum absolute atomic E-state index is 11.6. The lowest BCUT2D eigenvalue weighted by molar-refractivity contribution is -0.153. The Morgan fingerprint density at radius 3 is 2.48 bits per heavy atom. The van der Waals surface area contributed by atoms with E-state index in [1.807, 2.05) is 0 Å². The molecule has 0 bridgehead atoms. The van der Waals surface area contributed by atoms with E-state index in [9.17, 15) is 19.8 Å². The van der Waals surface area contributed by atoms with Crippen LogP contribution in [-0.4, -0.2) is 83.2 Å². The molecule has 0 aromatic heterocycles. The molecule has 1 rings (SSSR count). The number of rotatable bonds is 8. The molecule has 1 heterocycles. The third kappa shape index (κ3) is 7.04. The summed E-state index contributed by atoms with van der Waals surface area (Å²) in [6.07, 6.45) is -3.47. The van der Waals surface area contributed by atoms with Crippen molar-refractivity contribution in [2.75, 3.05) is 19.7 Å². The summed E-state index contributed by atoms with van der Waals surface area (Å²) in [5, 5.41) is 31.2. The number of aliphatic hydroxyl groups is 3. The second-order valence-corrected chi connectivity index (χ2v) is 6.75. The van der Waals surface area contributed by atoms with E-state index >= 15 is 0 Å². The van der Waals surface area contributed by atoms with Crippen LogP contribution in [0.25, 0.3) is 0 Å². The Morgan fingerprint density at radius 2 is 2.00 bits per heavy atom. The van der Waals surface area contributed by atoms with Crippen LogP contribution < -0.4 is 11.1 Å². The summed E-state index contributed by atoms with van der Waals surface area (Å²) in [5.74, 6) is -2.02. The summed E-state index contributed by atoms with van der Waals surface area (Å²) in [4.78, 5) is 26.9. The van der Waals surface area contributed by atoms with E-state index in [2.05, 4.69) is 10.3 Å². The fourth-order valence-corrected chi connectivity index (χ4v) is 2.13. The molecule has 1 amide bonds. The fourth-order valence-electron chi connectivity index (χ4n) is 2.13. The topological polar surface area (TPSA) is 164 Å². The van der Waals surface area contributed by atoms with Crippen LogP contribution in [0.4, 0.5) is 0 Å². The number of nitrogens with two attached hydrogens (primary N) is 1. The number of hydrogen-bond donors (Lipinski definition) is 5. The van der Waals surface area contributed by atoms with Gasteiger partial charge in [0, 0.05) is 12.8 Å². The number of ether oxygens (including phenoxy) is 2. The van der Waals surface area contributed by atoms with Crippen LogP contribution in [0.1, 0.15) is 20.8 Å². The molecular weight excluding hydrogens is 334 g/mol. The molecule has 1 aliphatic rings. The standard InChI is InChI=1S/C15H27N3O7/c1-15(2,3)25-10(20)6-17-4-8(13(16)23)5-18-14-12(22)11(21)9(7-19)24-14/h5,8-9,11-12,14,17,19,21-22H,4,6-7H2,1-3H3,(H2,16,23). The summed E-state index contributed by atoms with van der Waals surface area (Å²) in [6, 6.07) is 0. The van der Waals surface area contributed by atoms with Crippen molar-refractivity contribution >= 4 is 18.1 Å². The van der Waals surface area contributed by atoms with Gasteiger partial charge in [0.25, 0.3) is 0 Å². The molecule has 10 heteroatoms. The number of aliphatic hydroxyl groups excluding tert-OH is 3. The highest BCUT2D eigenvalue weighted by Gasteiger charge is 2.42. The Hall–Kier alpha value is -1.59. The second-order valence-electron chi connectivity index (χ2n) is 6.75. The van der Waals surface area contributed by atoms with Crippen molar-refractivity contribution < 1.29 is 34.4 Å². The van der Waals surface area contributed by atoms with Crippen LogP contribution >= 0.6 is 0 Å². The van der Waals surface area contributed by atoms with Crippen LogP contribution in [0.3, 0.4) is 0 Å². The number of amides is 1. The maximum Gasteiger partial charge on any atom is 0.320 e. The molecular formula is C15H27N3O7. The monoisotopic (exact) mass is 361 g/mol. The average Bonchev–Trinajstić information content (AvgIpc) is 2.76. The SMILES string of the molecule is CC(C)(C)OC(=O)CNCC(C=NC1OC(CO)C(O)C1O)C(N)=O. The van der Waals surface area contributed by atoms with Gasteiger partial charge in [0.2, 0.25) is 5.91 Å². The van der Waals surface area contributed by atoms with Crippen molar-refractivity contribution in [1.29, 1.82) is 0 Å². The van der Waals surface area contributed by atoms with Gasteiger partial charge in [0.15, 0.2) is 6.23 Å². The molecule has 0 aliphatic carbocycles. The third-order valence-corrected chi connectivity index (χ3v) is 3.35. The number of hydrogen-bond acceptors (Lipinski definition) is 9. The van der Waals surface area contributed by atoms with E-state index in [1.54, 1.807) is 20.8 Å². The number of aliphatic imine (C=N–C) groups is 1. The van der Waals surface area contributed by atoms with Crippen LogP contribution in [0.15, 0.2) is 4.99 Å². The van der Waals surface area contributed by atoms with Crippen LogP contribution in [0, 0.1) is 5.92 Å². The lowest BCUT2D eigenvalue weighted by Crippen LogP contribution is -2.38. The molecule has 1 aliphatic heterocycles. The number of nitrogens with one attached hydrogen (secondary N) is 1. The van der Waals surface area contributed by atoms with Crippen LogP contribution in [-0.2, 0) is 19.1 Å². The van der Waals surface area contributed by atoms with Crippen molar-refractivity contribution in [3.05, 3.63) is 0 Å². The Bertz CT molecular complexity index is 492. The maximum atomic E-state index is 11.6. The van der Waals surface area contributed by atoms with Gasteiger partial charge < -0.3 is 35.8 Å². The molecule has 1 saturated heterocycles. The number of primary amides is 1. The van der Waals surface area contributed by atoms with Gasteiger partial charge in [-0.2, -0.15) is 0 Å². The van der Waals surface area contributed by atoms with E-state index < -0.39 is 54.5 Å². The minimum atomic E-state index is -1.32. The highest BCUT2D eigenvalue weighted by atomic mass is 16.6. The van der Waals surface area contributed by atoms with Gasteiger partial charge in [-0.25, -0.2) is 0 Å². The smallest absolute Gasteiger partial charge is 0.320 e. The zero-order valence-corrected chi connectivity index (χ0v) is 14.6. The fraction of sp³-hybridized carbons (Fsp3) is 0.800. The van der Waals surface area contributed by atoms with E-state index in [-0.39, 0.29) is 13.1 Å². The van der Waals surface area contributed by atoms with Gasteiger partial charge in [-0.1, -0.05) is 0 Å². The van der Waals surface area contributed by atoms with Crippen molar-refractivity contribution in [1.82, 2.24) is 5.32 Å². The number of nitrogens with zero attached hydrogens (tertiary/aromatic N) is 1. The quantitative estimate of drug-likeness (QED) is 0.234. The van der Waals surface area contributed by atoms with E-state index in [0.717, 1.165) is 0 Å². The summed E-state index contributed by atoms with van der Waals surface area (Å²) in [7, 11) is 0. The predicted octanol–water partition coefficient (Wildman–Crippen LogP) is -2.47. The first-order valence-electron chi connectivity index (χ1n) is 7.92. The average molecular weight is 361 g/mol. The van der Waals surface area contributed by atoms with Crippen molar-refractivity contribution in [2.24, 2.45) is 16.6 Å². The highest BCUT2D eigenvalue weighted by molar-refractivity contribution is 5.92. The molecule has 0 aromatic carbocycles. The first-order chi connectivity index (χ1) is 11.5. The zero-order valence-electron chi connectivity index (χ0n) is 14.6. The molecule has 6 N–H and O–H groups in total. The van der Waals surface area contributed by atoms with Gasteiger partial charge in [0.05, 0.1) is 19.1 Å². The van der Waals surface area contributed by atoms with Crippen LogP contribution in [0.5, 0.6) is 0 Å². The van der Waals surface area contributed by atoms with Gasteiger partial charge >= 0.3 is 5.97 Å². The van der Waals surface area contributed by atoms with Gasteiger partial charge in [-0.05, 0) is 20.8 Å². The van der Waals surface area contributed by atoms with Gasteiger partial charge in [-0.15, -0.1) is 0 Å². The molecule has 5 atom stereocenters. The molecule has 0 aromatic rings. The number of carbonyl (C=O) groups excluding carboxylic acids is 2. The molecule has 1 fully saturated rings. The summed E-state index contributed by atoms with van der Waals surface area (Å²) < 4.78 is 10.3. The Labute approximate surface area is 146 Å². The minimum Gasteiger partial charge on any atom is -0.459 e. The minimum absolute atomic E-state index is 0.0346. The lowest BCUT2D eigenvalue weighted by Gasteiger charge is -2.20. The highest BCUT2D eigenvalue weighted by Crippen LogP contribution is 2.21. The van der Waals surface area contributed by atoms with E-state index in [4.69, 9.17) is 20.3 Å². The Balaban J connectivity index is 2.52. The molecule has 5 unspecified atom stereocenters. The Morgan fingerprint density at radius 1 is 1.36 bits per heavy atom. The summed E-state index contributed by atoms with van der Waals surface area (Å²) >= 11 is 0. The number of esters is 1. The summed E-state index contributed by atoms with van der Waals surface area (Å²) in [6.45, 7) is 4.68. The molecule has 144 valence electrons.